The molecule has 0 aliphatic carbocycles. The Bertz CT molecular complexity index is 1550. The zero-order chi connectivity index (χ0) is 24.9. The fraction of sp³-hybridized carbons (Fsp3) is 0.226. The van der Waals surface area contributed by atoms with Crippen LogP contribution in [0.5, 0.6) is 11.5 Å². The van der Waals surface area contributed by atoms with Gasteiger partial charge in [-0.1, -0.05) is 42.0 Å². The molecule has 0 saturated heterocycles. The lowest BCUT2D eigenvalue weighted by molar-refractivity contribution is 0.199. The highest BCUT2D eigenvalue weighted by atomic mass is 16.5. The van der Waals surface area contributed by atoms with E-state index in [1.54, 1.807) is 0 Å². The van der Waals surface area contributed by atoms with Crippen LogP contribution in [-0.4, -0.2) is 39.5 Å². The van der Waals surface area contributed by atoms with Crippen molar-refractivity contribution in [2.45, 2.75) is 13.0 Å². The Balaban J connectivity index is 1.77. The van der Waals surface area contributed by atoms with Crippen LogP contribution < -0.4 is 25.8 Å². The first-order valence-electron chi connectivity index (χ1n) is 12.1. The molecular formula is C31H29N3O2. The maximum absolute atomic E-state index is 6.45. The topological polar surface area (TPSA) is 68.5 Å². The molecule has 1 aliphatic heterocycles. The monoisotopic (exact) mass is 475 g/mol. The van der Waals surface area contributed by atoms with Crippen molar-refractivity contribution >= 4 is 21.5 Å². The fourth-order valence-electron chi connectivity index (χ4n) is 4.62. The van der Waals surface area contributed by atoms with Crippen LogP contribution in [0.2, 0.25) is 0 Å². The van der Waals surface area contributed by atoms with E-state index in [2.05, 4.69) is 88.9 Å². The van der Waals surface area contributed by atoms with E-state index in [4.69, 9.17) is 15.2 Å². The van der Waals surface area contributed by atoms with Crippen molar-refractivity contribution in [1.82, 2.24) is 10.6 Å². The van der Waals surface area contributed by atoms with Gasteiger partial charge in [0.2, 0.25) is 0 Å². The zero-order valence-corrected chi connectivity index (χ0v) is 20.6. The molecule has 1 aliphatic rings. The van der Waals surface area contributed by atoms with Crippen LogP contribution in [0.25, 0.3) is 32.7 Å². The number of rotatable bonds is 3. The van der Waals surface area contributed by atoms with Gasteiger partial charge >= 0.3 is 0 Å². The maximum atomic E-state index is 6.45. The van der Waals surface area contributed by atoms with E-state index < -0.39 is 0 Å². The van der Waals surface area contributed by atoms with Gasteiger partial charge in [-0.3, -0.25) is 5.32 Å². The van der Waals surface area contributed by atoms with Gasteiger partial charge in [-0.15, -0.1) is 5.92 Å². The van der Waals surface area contributed by atoms with Gasteiger partial charge in [0.25, 0.3) is 0 Å². The highest BCUT2D eigenvalue weighted by Gasteiger charge is 2.23. The van der Waals surface area contributed by atoms with Crippen LogP contribution in [0.1, 0.15) is 18.1 Å². The Kier molecular flexibility index (Phi) is 7.07. The van der Waals surface area contributed by atoms with Crippen LogP contribution in [0.3, 0.4) is 0 Å². The SMILES string of the molecule is CC#Cc1ccc2c3c(ccc2c1)OCC(NCNC)COc1ccc2cc(C#CCN)ccc2c1-3. The number of nitrogens with one attached hydrogen (secondary N) is 2. The highest BCUT2D eigenvalue weighted by Crippen LogP contribution is 2.46. The third-order valence-corrected chi connectivity index (χ3v) is 6.26. The third-order valence-electron chi connectivity index (χ3n) is 6.26. The van der Waals surface area contributed by atoms with E-state index in [9.17, 15) is 0 Å². The van der Waals surface area contributed by atoms with E-state index in [0.29, 0.717) is 26.4 Å². The summed E-state index contributed by atoms with van der Waals surface area (Å²) in [5.41, 5.74) is 9.56. The maximum Gasteiger partial charge on any atom is 0.128 e. The Morgan fingerprint density at radius 3 is 1.94 bits per heavy atom. The molecule has 1 heterocycles. The Morgan fingerprint density at radius 1 is 0.833 bits per heavy atom. The van der Waals surface area contributed by atoms with Crippen LogP contribution in [-0.2, 0) is 0 Å². The standard InChI is InChI=1S/C31H29N3O2/c1-3-5-21-7-11-26-23(16-21)9-13-28-30(26)31-27-12-8-22(6-4-15-32)17-24(27)10-14-29(31)36-19-25(18-35-28)34-20-33-2/h7-14,16-17,25,33-34H,15,18-20,32H2,1-2H3. The number of benzene rings is 4. The first-order valence-corrected chi connectivity index (χ1v) is 12.1. The van der Waals surface area contributed by atoms with E-state index in [1.807, 2.05) is 20.0 Å². The van der Waals surface area contributed by atoms with Crippen molar-refractivity contribution in [3.63, 3.8) is 0 Å². The molecule has 0 aromatic heterocycles. The van der Waals surface area contributed by atoms with Gasteiger partial charge in [0.15, 0.2) is 0 Å². The molecule has 5 heteroatoms. The van der Waals surface area contributed by atoms with Gasteiger partial charge < -0.3 is 20.5 Å². The minimum Gasteiger partial charge on any atom is -0.491 e. The van der Waals surface area contributed by atoms with E-state index in [0.717, 1.165) is 55.3 Å². The second-order valence-corrected chi connectivity index (χ2v) is 8.68. The lowest BCUT2D eigenvalue weighted by Gasteiger charge is -2.19. The molecule has 1 unspecified atom stereocenters. The average molecular weight is 476 g/mol. The van der Waals surface area contributed by atoms with Crippen molar-refractivity contribution in [1.29, 1.82) is 0 Å². The molecule has 0 spiro atoms. The molecule has 1 atom stereocenters. The summed E-state index contributed by atoms with van der Waals surface area (Å²) < 4.78 is 12.9. The largest absolute Gasteiger partial charge is 0.491 e. The summed E-state index contributed by atoms with van der Waals surface area (Å²) in [6, 6.07) is 20.9. The first-order chi connectivity index (χ1) is 17.7. The molecular weight excluding hydrogens is 446 g/mol. The second kappa shape index (κ2) is 10.7. The zero-order valence-electron chi connectivity index (χ0n) is 20.6. The summed E-state index contributed by atoms with van der Waals surface area (Å²) in [7, 11) is 1.91. The van der Waals surface area contributed by atoms with E-state index in [1.165, 1.54) is 0 Å². The smallest absolute Gasteiger partial charge is 0.128 e. The first kappa shape index (κ1) is 23.7. The summed E-state index contributed by atoms with van der Waals surface area (Å²) in [5, 5.41) is 11.0. The highest BCUT2D eigenvalue weighted by molar-refractivity contribution is 6.10. The molecule has 0 bridgehead atoms. The molecule has 4 aromatic carbocycles. The summed E-state index contributed by atoms with van der Waals surface area (Å²) in [5.74, 6) is 13.9. The third kappa shape index (κ3) is 4.73. The predicted molar refractivity (Wildman–Crippen MR) is 147 cm³/mol. The van der Waals surface area contributed by atoms with Gasteiger partial charge in [-0.2, -0.15) is 0 Å². The van der Waals surface area contributed by atoms with Gasteiger partial charge in [0, 0.05) is 28.9 Å². The molecule has 0 amide bonds. The Labute approximate surface area is 212 Å². The molecule has 180 valence electrons. The summed E-state index contributed by atoms with van der Waals surface area (Å²) in [4.78, 5) is 0. The summed E-state index contributed by atoms with van der Waals surface area (Å²) in [6.07, 6.45) is 0. The van der Waals surface area contributed by atoms with Crippen LogP contribution in [0, 0.1) is 23.7 Å². The Morgan fingerprint density at radius 2 is 1.42 bits per heavy atom. The second-order valence-electron chi connectivity index (χ2n) is 8.68. The minimum atomic E-state index is 0.0266. The molecule has 5 rings (SSSR count). The molecule has 0 saturated carbocycles. The fourth-order valence-corrected chi connectivity index (χ4v) is 4.62. The molecule has 36 heavy (non-hydrogen) atoms. The van der Waals surface area contributed by atoms with E-state index >= 15 is 0 Å². The van der Waals surface area contributed by atoms with Gasteiger partial charge in [0.05, 0.1) is 12.6 Å². The summed E-state index contributed by atoms with van der Waals surface area (Å²) >= 11 is 0. The predicted octanol–water partition coefficient (Wildman–Crippen LogP) is 4.25. The van der Waals surface area contributed by atoms with Crippen molar-refractivity contribution in [2.24, 2.45) is 5.73 Å². The molecule has 5 nitrogen and oxygen atoms in total. The van der Waals surface area contributed by atoms with Crippen molar-refractivity contribution in [3.05, 3.63) is 71.8 Å². The molecule has 4 N–H and O–H groups in total. The quantitative estimate of drug-likeness (QED) is 0.305. The minimum absolute atomic E-state index is 0.0266. The van der Waals surface area contributed by atoms with Gasteiger partial charge in [0.1, 0.15) is 24.7 Å². The molecule has 4 aromatic rings. The van der Waals surface area contributed by atoms with E-state index in [-0.39, 0.29) is 6.04 Å². The van der Waals surface area contributed by atoms with Crippen LogP contribution in [0.4, 0.5) is 0 Å². The molecule has 0 fully saturated rings. The Hall–Kier alpha value is -4.00. The van der Waals surface area contributed by atoms with Gasteiger partial charge in [-0.25, -0.2) is 0 Å². The molecule has 0 radical (unpaired) electrons. The van der Waals surface area contributed by atoms with Crippen LogP contribution >= 0.6 is 0 Å². The number of hydrogen-bond donors (Lipinski definition) is 3. The lowest BCUT2D eigenvalue weighted by atomic mass is 9.91. The number of nitrogens with two attached hydrogens (primary N) is 1. The average Bonchev–Trinajstić information content (AvgIpc) is 2.98. The lowest BCUT2D eigenvalue weighted by Crippen LogP contribution is -2.43. The normalized spacial score (nSPS) is 14.5. The number of fused-ring (bicyclic) bond motifs is 7. The van der Waals surface area contributed by atoms with Crippen molar-refractivity contribution in [2.75, 3.05) is 33.5 Å². The van der Waals surface area contributed by atoms with Crippen LogP contribution in [0.15, 0.2) is 60.7 Å². The van der Waals surface area contributed by atoms with Crippen molar-refractivity contribution in [3.8, 4) is 46.3 Å². The number of ether oxygens (including phenoxy) is 2. The van der Waals surface area contributed by atoms with Crippen molar-refractivity contribution < 1.29 is 9.47 Å². The van der Waals surface area contributed by atoms with Gasteiger partial charge in [-0.05, 0) is 71.9 Å². The summed E-state index contributed by atoms with van der Waals surface area (Å²) in [6.45, 7) is 3.83. The number of hydrogen-bond acceptors (Lipinski definition) is 5.